The Balaban J connectivity index is 2.47. The zero-order valence-electron chi connectivity index (χ0n) is 6.20. The minimum atomic E-state index is -2.83. The van der Waals surface area contributed by atoms with Crippen molar-refractivity contribution in [2.75, 3.05) is 12.4 Å². The van der Waals surface area contributed by atoms with Crippen molar-refractivity contribution in [3.05, 3.63) is 0 Å². The van der Waals surface area contributed by atoms with Crippen LogP contribution < -0.4 is 5.09 Å². The molecule has 0 spiro atoms. The van der Waals surface area contributed by atoms with Crippen LogP contribution in [0.5, 0.6) is 0 Å². The van der Waals surface area contributed by atoms with E-state index in [2.05, 4.69) is 5.09 Å². The van der Waals surface area contributed by atoms with Gasteiger partial charge in [0.1, 0.15) is 0 Å². The average molecular weight is 195 g/mol. The molecule has 1 amide bonds. The highest BCUT2D eigenvalue weighted by Crippen LogP contribution is 2.59. The topological polar surface area (TPSA) is 55.4 Å². The van der Waals surface area contributed by atoms with Crippen LogP contribution in [0.15, 0.2) is 0 Å². The summed E-state index contributed by atoms with van der Waals surface area (Å²) in [6, 6.07) is 0. The van der Waals surface area contributed by atoms with Crippen LogP contribution >= 0.6 is 18.1 Å². The molecule has 1 atom stereocenters. The van der Waals surface area contributed by atoms with Gasteiger partial charge in [-0.15, -0.1) is 0 Å². The molecule has 0 aromatic carbocycles. The van der Waals surface area contributed by atoms with Crippen molar-refractivity contribution in [1.29, 1.82) is 0 Å². The van der Waals surface area contributed by atoms with E-state index in [1.807, 2.05) is 0 Å². The van der Waals surface area contributed by atoms with Crippen molar-refractivity contribution in [3.63, 3.8) is 0 Å². The zero-order valence-corrected chi connectivity index (χ0v) is 7.91. The van der Waals surface area contributed by atoms with Crippen molar-refractivity contribution in [1.82, 2.24) is 5.09 Å². The molecule has 1 heterocycles. The lowest BCUT2D eigenvalue weighted by atomic mass is 10.5. The zero-order chi connectivity index (χ0) is 8.32. The molecule has 11 heavy (non-hydrogen) atoms. The maximum Gasteiger partial charge on any atom is 0.353 e. The van der Waals surface area contributed by atoms with E-state index >= 15 is 0 Å². The maximum atomic E-state index is 11.4. The van der Waals surface area contributed by atoms with E-state index in [0.717, 1.165) is 0 Å². The predicted molar refractivity (Wildman–Crippen MR) is 44.5 cm³/mol. The van der Waals surface area contributed by atoms with Crippen LogP contribution in [0.3, 0.4) is 0 Å². The second-order valence-corrected chi connectivity index (χ2v) is 6.41. The molecule has 0 aliphatic carbocycles. The Kier molecular flexibility index (Phi) is 2.98. The van der Waals surface area contributed by atoms with Crippen LogP contribution in [-0.4, -0.2) is 18.3 Å². The van der Waals surface area contributed by atoms with Crippen LogP contribution in [-0.2, 0) is 13.9 Å². The van der Waals surface area contributed by atoms with Gasteiger partial charge in [0.15, 0.2) is 0 Å². The van der Waals surface area contributed by atoms with E-state index in [1.54, 1.807) is 6.92 Å². The third kappa shape index (κ3) is 2.51. The second-order valence-electron chi connectivity index (χ2n) is 2.05. The fourth-order valence-corrected chi connectivity index (χ4v) is 4.06. The minimum absolute atomic E-state index is 0.220. The Labute approximate surface area is 69.3 Å². The lowest BCUT2D eigenvalue weighted by Crippen LogP contribution is -2.17. The number of nitrogens with one attached hydrogen (secondary N) is 1. The Morgan fingerprint density at radius 2 is 2.55 bits per heavy atom. The highest BCUT2D eigenvalue weighted by Gasteiger charge is 2.30. The molecule has 0 aromatic heterocycles. The number of hydrogen-bond acceptors (Lipinski definition) is 4. The van der Waals surface area contributed by atoms with Gasteiger partial charge in [-0.2, -0.15) is 0 Å². The summed E-state index contributed by atoms with van der Waals surface area (Å²) in [5.74, 6) is 0.476. The highest BCUT2D eigenvalue weighted by molar-refractivity contribution is 8.56. The van der Waals surface area contributed by atoms with E-state index in [9.17, 15) is 9.36 Å². The van der Waals surface area contributed by atoms with E-state index in [-0.39, 0.29) is 5.91 Å². The number of rotatable bonds is 2. The number of carbonyl (C=O) groups is 1. The van der Waals surface area contributed by atoms with Crippen LogP contribution in [0, 0.1) is 0 Å². The first-order valence-corrected chi connectivity index (χ1v) is 6.58. The molecule has 0 saturated carbocycles. The van der Waals surface area contributed by atoms with E-state index < -0.39 is 6.72 Å². The SMILES string of the molecule is CCC(=O)NP1(=O)OCCS1. The van der Waals surface area contributed by atoms with E-state index in [1.165, 1.54) is 11.4 Å². The van der Waals surface area contributed by atoms with Gasteiger partial charge in [0.05, 0.1) is 6.61 Å². The summed E-state index contributed by atoms with van der Waals surface area (Å²) in [5.41, 5.74) is 0. The van der Waals surface area contributed by atoms with E-state index in [0.29, 0.717) is 18.8 Å². The molecular formula is C5H10NO3PS. The van der Waals surface area contributed by atoms with Crippen molar-refractivity contribution in [2.24, 2.45) is 0 Å². The molecule has 4 nitrogen and oxygen atoms in total. The van der Waals surface area contributed by atoms with Gasteiger partial charge >= 0.3 is 6.72 Å². The Morgan fingerprint density at radius 3 is 3.00 bits per heavy atom. The Morgan fingerprint density at radius 1 is 1.82 bits per heavy atom. The van der Waals surface area contributed by atoms with Crippen molar-refractivity contribution in [2.45, 2.75) is 13.3 Å². The van der Waals surface area contributed by atoms with Crippen LogP contribution in [0.2, 0.25) is 0 Å². The van der Waals surface area contributed by atoms with Gasteiger partial charge in [-0.05, 0) is 11.4 Å². The fourth-order valence-electron chi connectivity index (χ4n) is 0.648. The normalized spacial score (nSPS) is 30.3. The van der Waals surface area contributed by atoms with Gasteiger partial charge in [-0.3, -0.25) is 14.4 Å². The quantitative estimate of drug-likeness (QED) is 0.676. The average Bonchev–Trinajstić information content (AvgIpc) is 2.36. The maximum absolute atomic E-state index is 11.4. The Hall–Kier alpha value is 0.01000. The van der Waals surface area contributed by atoms with Crippen molar-refractivity contribution in [3.8, 4) is 0 Å². The van der Waals surface area contributed by atoms with Gasteiger partial charge in [0.25, 0.3) is 0 Å². The number of hydrogen-bond donors (Lipinski definition) is 1. The predicted octanol–water partition coefficient (Wildman–Crippen LogP) is 1.38. The molecule has 1 rings (SSSR count). The van der Waals surface area contributed by atoms with Gasteiger partial charge in [0, 0.05) is 12.2 Å². The van der Waals surface area contributed by atoms with Crippen molar-refractivity contribution >= 4 is 24.0 Å². The fraction of sp³-hybridized carbons (Fsp3) is 0.800. The molecule has 1 N–H and O–H groups in total. The van der Waals surface area contributed by atoms with Crippen LogP contribution in [0.4, 0.5) is 0 Å². The molecule has 0 bridgehead atoms. The number of amides is 1. The molecule has 1 aliphatic rings. The molecule has 1 saturated heterocycles. The molecule has 6 heteroatoms. The molecule has 0 aromatic rings. The largest absolute Gasteiger partial charge is 0.353 e. The molecule has 1 fully saturated rings. The van der Waals surface area contributed by atoms with Crippen molar-refractivity contribution < 1.29 is 13.9 Å². The summed E-state index contributed by atoms with van der Waals surface area (Å²) < 4.78 is 16.3. The van der Waals surface area contributed by atoms with Gasteiger partial charge in [0.2, 0.25) is 5.91 Å². The third-order valence-corrected chi connectivity index (χ3v) is 5.08. The van der Waals surface area contributed by atoms with E-state index in [4.69, 9.17) is 4.52 Å². The monoisotopic (exact) mass is 195 g/mol. The lowest BCUT2D eigenvalue weighted by Gasteiger charge is -2.09. The van der Waals surface area contributed by atoms with Gasteiger partial charge in [-0.1, -0.05) is 6.92 Å². The summed E-state index contributed by atoms with van der Waals surface area (Å²) in [5, 5.41) is 2.36. The van der Waals surface area contributed by atoms with Gasteiger partial charge < -0.3 is 4.52 Å². The first-order valence-electron chi connectivity index (χ1n) is 3.36. The lowest BCUT2D eigenvalue weighted by molar-refractivity contribution is -0.119. The first kappa shape index (κ1) is 9.10. The summed E-state index contributed by atoms with van der Waals surface area (Å²) in [6.07, 6.45) is 0.341. The molecule has 1 unspecified atom stereocenters. The third-order valence-electron chi connectivity index (χ3n) is 1.19. The molecule has 0 radical (unpaired) electrons. The number of carbonyl (C=O) groups excluding carboxylic acids is 1. The molecule has 1 aliphatic heterocycles. The summed E-state index contributed by atoms with van der Waals surface area (Å²) in [7, 11) is 0. The van der Waals surface area contributed by atoms with Crippen LogP contribution in [0.1, 0.15) is 13.3 Å². The summed E-state index contributed by atoms with van der Waals surface area (Å²) in [6.45, 7) is -0.651. The molecular weight excluding hydrogens is 185 g/mol. The van der Waals surface area contributed by atoms with Gasteiger partial charge in [-0.25, -0.2) is 0 Å². The second kappa shape index (κ2) is 3.61. The molecule has 64 valence electrons. The highest BCUT2D eigenvalue weighted by atomic mass is 32.7. The summed E-state index contributed by atoms with van der Waals surface area (Å²) in [4.78, 5) is 10.8. The Bertz CT molecular complexity index is 198. The smallest absolute Gasteiger partial charge is 0.305 e. The minimum Gasteiger partial charge on any atom is -0.305 e. The summed E-state index contributed by atoms with van der Waals surface area (Å²) >= 11 is 1.19. The first-order chi connectivity index (χ1) is 5.16. The van der Waals surface area contributed by atoms with Crippen LogP contribution in [0.25, 0.3) is 0 Å². The standard InChI is InChI=1S/C5H10NO3PS/c1-2-5(7)6-10(8)9-3-4-11-10/h2-4H2,1H3,(H,6,7,8).